The monoisotopic (exact) mass is 323 g/mol. The number of anilines is 1. The molecule has 1 fully saturated rings. The minimum absolute atomic E-state index is 0.385. The molecule has 0 aliphatic carbocycles. The molecular formula is C15H23BClN3O2. The molecule has 0 radical (unpaired) electrons. The third-order valence-electron chi connectivity index (χ3n) is 4.18. The zero-order chi connectivity index (χ0) is 16.5. The van der Waals surface area contributed by atoms with Crippen LogP contribution in [-0.4, -0.2) is 36.9 Å². The Labute approximate surface area is 137 Å². The lowest BCUT2D eigenvalue weighted by Gasteiger charge is -2.32. The van der Waals surface area contributed by atoms with Crippen molar-refractivity contribution in [3.05, 3.63) is 28.5 Å². The molecule has 2 rings (SSSR count). The maximum absolute atomic E-state index is 6.09. The molecule has 0 saturated carbocycles. The van der Waals surface area contributed by atoms with E-state index in [2.05, 4.69) is 10.3 Å². The zero-order valence-electron chi connectivity index (χ0n) is 13.7. The van der Waals surface area contributed by atoms with Gasteiger partial charge in [-0.05, 0) is 52.4 Å². The SMILES string of the molecule is CNCC(=Cc1ncc(Cl)cc1N)B1OC(C)(C)C(C)(C)O1. The molecule has 0 aromatic carbocycles. The second kappa shape index (κ2) is 6.20. The fourth-order valence-corrected chi connectivity index (χ4v) is 2.33. The Bertz CT molecular complexity index is 574. The molecule has 1 aliphatic rings. The summed E-state index contributed by atoms with van der Waals surface area (Å²) in [5.74, 6) is 0. The lowest BCUT2D eigenvalue weighted by Crippen LogP contribution is -2.41. The molecule has 0 spiro atoms. The molecule has 0 bridgehead atoms. The van der Waals surface area contributed by atoms with Crippen molar-refractivity contribution in [3.63, 3.8) is 0 Å². The summed E-state index contributed by atoms with van der Waals surface area (Å²) in [6.45, 7) is 8.72. The van der Waals surface area contributed by atoms with Gasteiger partial charge in [0.2, 0.25) is 0 Å². The van der Waals surface area contributed by atoms with Gasteiger partial charge in [-0.2, -0.15) is 0 Å². The van der Waals surface area contributed by atoms with Crippen molar-refractivity contribution in [3.8, 4) is 0 Å². The van der Waals surface area contributed by atoms with Crippen molar-refractivity contribution < 1.29 is 9.31 Å². The Morgan fingerprint density at radius 1 is 1.36 bits per heavy atom. The van der Waals surface area contributed by atoms with Crippen LogP contribution in [0.25, 0.3) is 6.08 Å². The van der Waals surface area contributed by atoms with Gasteiger partial charge in [-0.3, -0.25) is 4.98 Å². The second-order valence-electron chi connectivity index (χ2n) is 6.47. The standard InChI is InChI=1S/C15H23BClN3O2/c1-14(2)15(3,4)22-16(21-14)10(8-19-5)6-13-12(18)7-11(17)9-20-13/h6-7,9,19H,8,18H2,1-5H3. The number of pyridine rings is 1. The number of hydrogen-bond donors (Lipinski definition) is 2. The predicted molar refractivity (Wildman–Crippen MR) is 91.6 cm³/mol. The van der Waals surface area contributed by atoms with Crippen LogP contribution in [0.1, 0.15) is 33.4 Å². The molecule has 1 aliphatic heterocycles. The average Bonchev–Trinajstić information content (AvgIpc) is 2.61. The van der Waals surface area contributed by atoms with E-state index in [1.165, 1.54) is 0 Å². The largest absolute Gasteiger partial charge is 0.491 e. The Kier molecular flexibility index (Phi) is 4.87. The minimum atomic E-state index is -0.436. The molecule has 1 saturated heterocycles. The van der Waals surface area contributed by atoms with Gasteiger partial charge in [0.15, 0.2) is 0 Å². The van der Waals surface area contributed by atoms with E-state index in [0.29, 0.717) is 22.9 Å². The van der Waals surface area contributed by atoms with Crippen LogP contribution in [0.4, 0.5) is 5.69 Å². The van der Waals surface area contributed by atoms with E-state index in [9.17, 15) is 0 Å². The van der Waals surface area contributed by atoms with Crippen LogP contribution in [-0.2, 0) is 9.31 Å². The molecule has 7 heteroatoms. The van der Waals surface area contributed by atoms with Crippen molar-refractivity contribution >= 4 is 30.5 Å². The van der Waals surface area contributed by atoms with Gasteiger partial charge in [0.25, 0.3) is 0 Å². The van der Waals surface area contributed by atoms with Gasteiger partial charge >= 0.3 is 7.12 Å². The second-order valence-corrected chi connectivity index (χ2v) is 6.90. The molecule has 0 unspecified atom stereocenters. The third kappa shape index (κ3) is 3.46. The van der Waals surface area contributed by atoms with E-state index in [1.54, 1.807) is 12.3 Å². The van der Waals surface area contributed by atoms with Gasteiger partial charge in [0.05, 0.1) is 27.6 Å². The zero-order valence-corrected chi connectivity index (χ0v) is 14.5. The first kappa shape index (κ1) is 17.3. The summed E-state index contributed by atoms with van der Waals surface area (Å²) in [6.07, 6.45) is 3.47. The van der Waals surface area contributed by atoms with Gasteiger partial charge in [0.1, 0.15) is 0 Å². The van der Waals surface area contributed by atoms with Crippen LogP contribution in [0.3, 0.4) is 0 Å². The van der Waals surface area contributed by atoms with Gasteiger partial charge < -0.3 is 20.4 Å². The molecular weight excluding hydrogens is 300 g/mol. The molecule has 22 heavy (non-hydrogen) atoms. The Morgan fingerprint density at radius 3 is 2.45 bits per heavy atom. The molecule has 2 heterocycles. The van der Waals surface area contributed by atoms with Crippen molar-refractivity contribution in [2.45, 2.75) is 38.9 Å². The highest BCUT2D eigenvalue weighted by Crippen LogP contribution is 2.38. The van der Waals surface area contributed by atoms with Crippen LogP contribution in [0.2, 0.25) is 5.02 Å². The number of nitrogens with zero attached hydrogens (tertiary/aromatic N) is 1. The molecule has 1 aromatic heterocycles. The van der Waals surface area contributed by atoms with E-state index in [-0.39, 0.29) is 11.2 Å². The van der Waals surface area contributed by atoms with Gasteiger partial charge in [0, 0.05) is 12.7 Å². The van der Waals surface area contributed by atoms with Gasteiger partial charge in [-0.25, -0.2) is 0 Å². The minimum Gasteiger partial charge on any atom is -0.400 e. The van der Waals surface area contributed by atoms with E-state index in [1.807, 2.05) is 40.8 Å². The lowest BCUT2D eigenvalue weighted by atomic mass is 9.77. The van der Waals surface area contributed by atoms with Crippen molar-refractivity contribution in [2.24, 2.45) is 0 Å². The summed E-state index contributed by atoms with van der Waals surface area (Å²) in [4.78, 5) is 4.27. The molecule has 3 N–H and O–H groups in total. The Morgan fingerprint density at radius 2 is 1.95 bits per heavy atom. The van der Waals surface area contributed by atoms with Crippen molar-refractivity contribution in [1.29, 1.82) is 0 Å². The van der Waals surface area contributed by atoms with Gasteiger partial charge in [-0.15, -0.1) is 0 Å². The summed E-state index contributed by atoms with van der Waals surface area (Å²) in [7, 11) is 1.44. The van der Waals surface area contributed by atoms with E-state index < -0.39 is 7.12 Å². The van der Waals surface area contributed by atoms with E-state index in [4.69, 9.17) is 26.6 Å². The first-order valence-electron chi connectivity index (χ1n) is 7.28. The van der Waals surface area contributed by atoms with E-state index >= 15 is 0 Å². The number of aromatic nitrogens is 1. The van der Waals surface area contributed by atoms with E-state index in [0.717, 1.165) is 5.47 Å². The third-order valence-corrected chi connectivity index (χ3v) is 4.38. The van der Waals surface area contributed by atoms with Crippen LogP contribution < -0.4 is 11.1 Å². The van der Waals surface area contributed by atoms with Crippen molar-refractivity contribution in [2.75, 3.05) is 19.3 Å². The highest BCUT2D eigenvalue weighted by molar-refractivity contribution is 6.56. The van der Waals surface area contributed by atoms with Crippen LogP contribution in [0.15, 0.2) is 17.7 Å². The Hall–Kier alpha value is -1.08. The maximum atomic E-state index is 6.09. The number of halogens is 1. The topological polar surface area (TPSA) is 69.4 Å². The fourth-order valence-electron chi connectivity index (χ4n) is 2.16. The number of likely N-dealkylation sites (N-methyl/N-ethyl adjacent to an activating group) is 1. The van der Waals surface area contributed by atoms with Crippen LogP contribution in [0.5, 0.6) is 0 Å². The summed E-state index contributed by atoms with van der Waals surface area (Å²) in [6, 6.07) is 1.68. The summed E-state index contributed by atoms with van der Waals surface area (Å²) in [5, 5.41) is 3.64. The maximum Gasteiger partial charge on any atom is 0.491 e. The Balaban J connectivity index is 2.33. The number of nitrogens with one attached hydrogen (secondary N) is 1. The first-order valence-corrected chi connectivity index (χ1v) is 7.66. The lowest BCUT2D eigenvalue weighted by molar-refractivity contribution is 0.00578. The highest BCUT2D eigenvalue weighted by Gasteiger charge is 2.52. The summed E-state index contributed by atoms with van der Waals surface area (Å²) < 4.78 is 12.2. The van der Waals surface area contributed by atoms with Crippen LogP contribution >= 0.6 is 11.6 Å². The molecule has 120 valence electrons. The normalized spacial score (nSPS) is 20.5. The molecule has 0 atom stereocenters. The number of nitrogen functional groups attached to an aromatic ring is 1. The number of nitrogens with two attached hydrogens (primary N) is 1. The quantitative estimate of drug-likeness (QED) is 0.833. The van der Waals surface area contributed by atoms with Crippen LogP contribution in [0, 0.1) is 0 Å². The molecule has 0 amide bonds. The molecule has 5 nitrogen and oxygen atoms in total. The molecule has 1 aromatic rings. The van der Waals surface area contributed by atoms with Gasteiger partial charge in [-0.1, -0.05) is 11.6 Å². The highest BCUT2D eigenvalue weighted by atomic mass is 35.5. The fraction of sp³-hybridized carbons (Fsp3) is 0.533. The first-order chi connectivity index (χ1) is 10.2. The average molecular weight is 324 g/mol. The predicted octanol–water partition coefficient (Wildman–Crippen LogP) is 2.55. The summed E-state index contributed by atoms with van der Waals surface area (Å²) >= 11 is 5.89. The number of rotatable bonds is 4. The smallest absolute Gasteiger partial charge is 0.400 e. The summed E-state index contributed by atoms with van der Waals surface area (Å²) in [5.41, 5.74) is 7.32. The number of hydrogen-bond acceptors (Lipinski definition) is 5. The van der Waals surface area contributed by atoms with Crippen molar-refractivity contribution in [1.82, 2.24) is 10.3 Å².